The number of hydrogen-bond donors (Lipinski definition) is 0. The Balaban J connectivity index is 1.73. The van der Waals surface area contributed by atoms with E-state index in [1.807, 2.05) is 36.4 Å². The van der Waals surface area contributed by atoms with E-state index < -0.39 is 0 Å². The molecule has 0 saturated heterocycles. The summed E-state index contributed by atoms with van der Waals surface area (Å²) in [5.74, 6) is 0.533. The minimum absolute atomic E-state index is 0.533. The Morgan fingerprint density at radius 2 is 1.50 bits per heavy atom. The van der Waals surface area contributed by atoms with Crippen LogP contribution in [0.1, 0.15) is 0 Å². The van der Waals surface area contributed by atoms with Gasteiger partial charge in [-0.3, -0.25) is 4.98 Å². The predicted molar refractivity (Wildman–Crippen MR) is 86.0 cm³/mol. The van der Waals surface area contributed by atoms with E-state index in [1.165, 1.54) is 10.8 Å². The standard InChI is InChI=1S/C18H12N4/c1-2-6-14-11-15(9-8-13(14)5-1)17-12-20-18(22-21-17)16-7-3-4-10-19-16/h1-12H. The Hall–Kier alpha value is -3.14. The third-order valence-corrected chi connectivity index (χ3v) is 3.50. The van der Waals surface area contributed by atoms with Gasteiger partial charge in [0, 0.05) is 11.8 Å². The van der Waals surface area contributed by atoms with Crippen molar-refractivity contribution in [1.29, 1.82) is 0 Å². The molecule has 2 heterocycles. The molecule has 2 aromatic carbocycles. The van der Waals surface area contributed by atoms with E-state index in [0.717, 1.165) is 17.0 Å². The van der Waals surface area contributed by atoms with Crippen LogP contribution in [0.3, 0.4) is 0 Å². The summed E-state index contributed by atoms with van der Waals surface area (Å²) in [6, 6.07) is 20.1. The fraction of sp³-hybridized carbons (Fsp3) is 0. The van der Waals surface area contributed by atoms with Gasteiger partial charge in [0.15, 0.2) is 5.82 Å². The van der Waals surface area contributed by atoms with Gasteiger partial charge in [0.05, 0.1) is 6.20 Å². The van der Waals surface area contributed by atoms with Gasteiger partial charge in [-0.25, -0.2) is 4.98 Å². The van der Waals surface area contributed by atoms with Gasteiger partial charge in [0.1, 0.15) is 11.4 Å². The topological polar surface area (TPSA) is 51.6 Å². The van der Waals surface area contributed by atoms with Crippen molar-refractivity contribution in [2.45, 2.75) is 0 Å². The van der Waals surface area contributed by atoms with Crippen LogP contribution in [0.2, 0.25) is 0 Å². The van der Waals surface area contributed by atoms with Gasteiger partial charge < -0.3 is 0 Å². The van der Waals surface area contributed by atoms with Crippen molar-refractivity contribution >= 4 is 10.8 Å². The summed E-state index contributed by atoms with van der Waals surface area (Å²) in [5, 5.41) is 10.8. The first-order valence-electron chi connectivity index (χ1n) is 7.00. The van der Waals surface area contributed by atoms with Gasteiger partial charge in [0.25, 0.3) is 0 Å². The summed E-state index contributed by atoms with van der Waals surface area (Å²) in [7, 11) is 0. The molecule has 0 atom stereocenters. The molecule has 4 aromatic rings. The number of nitrogens with zero attached hydrogens (tertiary/aromatic N) is 4. The van der Waals surface area contributed by atoms with Crippen LogP contribution in [0.5, 0.6) is 0 Å². The minimum atomic E-state index is 0.533. The molecule has 0 fully saturated rings. The Labute approximate surface area is 127 Å². The number of fused-ring (bicyclic) bond motifs is 1. The van der Waals surface area contributed by atoms with Crippen LogP contribution in [0.4, 0.5) is 0 Å². The number of hydrogen-bond acceptors (Lipinski definition) is 4. The van der Waals surface area contributed by atoms with Crippen molar-refractivity contribution < 1.29 is 0 Å². The highest BCUT2D eigenvalue weighted by Crippen LogP contribution is 2.22. The summed E-state index contributed by atoms with van der Waals surface area (Å²) in [6.45, 7) is 0. The largest absolute Gasteiger partial charge is 0.253 e. The van der Waals surface area contributed by atoms with Gasteiger partial charge >= 0.3 is 0 Å². The number of pyridine rings is 1. The first-order valence-corrected chi connectivity index (χ1v) is 7.00. The molecule has 0 aliphatic rings. The fourth-order valence-corrected chi connectivity index (χ4v) is 2.37. The molecule has 0 unspecified atom stereocenters. The van der Waals surface area contributed by atoms with Crippen molar-refractivity contribution in [2.75, 3.05) is 0 Å². The zero-order chi connectivity index (χ0) is 14.8. The SMILES string of the molecule is c1ccc(-c2ncc(-c3ccc4ccccc4c3)nn2)nc1. The highest BCUT2D eigenvalue weighted by molar-refractivity contribution is 5.86. The average Bonchev–Trinajstić information content (AvgIpc) is 2.62. The maximum atomic E-state index is 4.37. The van der Waals surface area contributed by atoms with E-state index in [9.17, 15) is 0 Å². The van der Waals surface area contributed by atoms with Crippen molar-refractivity contribution in [1.82, 2.24) is 20.2 Å². The van der Waals surface area contributed by atoms with E-state index in [1.54, 1.807) is 12.4 Å². The summed E-state index contributed by atoms with van der Waals surface area (Å²) in [6.07, 6.45) is 3.46. The molecule has 4 rings (SSSR count). The molecule has 0 bridgehead atoms. The van der Waals surface area contributed by atoms with E-state index in [-0.39, 0.29) is 0 Å². The predicted octanol–water partition coefficient (Wildman–Crippen LogP) is 3.75. The van der Waals surface area contributed by atoms with Gasteiger partial charge in [0.2, 0.25) is 0 Å². The maximum Gasteiger partial charge on any atom is 0.200 e. The summed E-state index contributed by atoms with van der Waals surface area (Å²) in [4.78, 5) is 8.60. The number of rotatable bonds is 2. The third kappa shape index (κ3) is 2.31. The molecule has 4 heteroatoms. The summed E-state index contributed by atoms with van der Waals surface area (Å²) < 4.78 is 0. The molecule has 0 saturated carbocycles. The van der Waals surface area contributed by atoms with Crippen LogP contribution < -0.4 is 0 Å². The van der Waals surface area contributed by atoms with Crippen LogP contribution >= 0.6 is 0 Å². The zero-order valence-electron chi connectivity index (χ0n) is 11.7. The lowest BCUT2D eigenvalue weighted by Crippen LogP contribution is -1.95. The lowest BCUT2D eigenvalue weighted by atomic mass is 10.1. The molecule has 0 N–H and O–H groups in total. The van der Waals surface area contributed by atoms with Gasteiger partial charge in [-0.15, -0.1) is 10.2 Å². The minimum Gasteiger partial charge on any atom is -0.253 e. The second-order valence-electron chi connectivity index (χ2n) is 4.94. The Morgan fingerprint density at radius 3 is 2.27 bits per heavy atom. The molecule has 0 aliphatic heterocycles. The van der Waals surface area contributed by atoms with Crippen LogP contribution in [0, 0.1) is 0 Å². The van der Waals surface area contributed by atoms with Gasteiger partial charge in [-0.05, 0) is 29.0 Å². The zero-order valence-corrected chi connectivity index (χ0v) is 11.7. The Morgan fingerprint density at radius 1 is 0.636 bits per heavy atom. The average molecular weight is 284 g/mol. The molecule has 2 aromatic heterocycles. The van der Waals surface area contributed by atoms with Crippen LogP contribution in [0.15, 0.2) is 73.1 Å². The normalized spacial score (nSPS) is 10.7. The molecule has 4 nitrogen and oxygen atoms in total. The smallest absolute Gasteiger partial charge is 0.200 e. The molecular formula is C18H12N4. The second-order valence-corrected chi connectivity index (χ2v) is 4.94. The van der Waals surface area contributed by atoms with Crippen LogP contribution in [-0.2, 0) is 0 Å². The van der Waals surface area contributed by atoms with Gasteiger partial charge in [-0.2, -0.15) is 0 Å². The van der Waals surface area contributed by atoms with E-state index in [4.69, 9.17) is 0 Å². The monoisotopic (exact) mass is 284 g/mol. The molecule has 0 spiro atoms. The summed E-state index contributed by atoms with van der Waals surface area (Å²) >= 11 is 0. The quantitative estimate of drug-likeness (QED) is 0.562. The highest BCUT2D eigenvalue weighted by Gasteiger charge is 2.06. The van der Waals surface area contributed by atoms with Crippen molar-refractivity contribution in [3.8, 4) is 22.8 Å². The molecule has 0 amide bonds. The second kappa shape index (κ2) is 5.33. The highest BCUT2D eigenvalue weighted by atomic mass is 15.2. The van der Waals surface area contributed by atoms with E-state index in [2.05, 4.69) is 44.4 Å². The third-order valence-electron chi connectivity index (χ3n) is 3.50. The summed E-state index contributed by atoms with van der Waals surface area (Å²) in [5.41, 5.74) is 2.48. The lowest BCUT2D eigenvalue weighted by Gasteiger charge is -2.03. The van der Waals surface area contributed by atoms with E-state index >= 15 is 0 Å². The van der Waals surface area contributed by atoms with Crippen LogP contribution in [0.25, 0.3) is 33.5 Å². The Kier molecular flexibility index (Phi) is 3.05. The lowest BCUT2D eigenvalue weighted by molar-refractivity contribution is 0.977. The van der Waals surface area contributed by atoms with Crippen LogP contribution in [-0.4, -0.2) is 20.2 Å². The first-order chi connectivity index (χ1) is 10.9. The number of benzene rings is 2. The Bertz CT molecular complexity index is 918. The number of aromatic nitrogens is 4. The molecule has 22 heavy (non-hydrogen) atoms. The first kappa shape index (κ1) is 12.6. The molecule has 0 radical (unpaired) electrons. The van der Waals surface area contributed by atoms with Crippen molar-refractivity contribution in [3.63, 3.8) is 0 Å². The van der Waals surface area contributed by atoms with Gasteiger partial charge in [-0.1, -0.05) is 42.5 Å². The molecule has 0 aliphatic carbocycles. The molecule has 104 valence electrons. The van der Waals surface area contributed by atoms with Crippen molar-refractivity contribution in [3.05, 3.63) is 73.1 Å². The van der Waals surface area contributed by atoms with E-state index in [0.29, 0.717) is 5.82 Å². The van der Waals surface area contributed by atoms with Crippen molar-refractivity contribution in [2.24, 2.45) is 0 Å². The maximum absolute atomic E-state index is 4.37. The fourth-order valence-electron chi connectivity index (χ4n) is 2.37. The molecular weight excluding hydrogens is 272 g/mol.